The molecule has 3 rings (SSSR count). The first-order chi connectivity index (χ1) is 11.9. The van der Waals surface area contributed by atoms with Crippen molar-refractivity contribution in [2.75, 3.05) is 31.1 Å². The molecule has 0 radical (unpaired) electrons. The van der Waals surface area contributed by atoms with Crippen molar-refractivity contribution >= 4 is 33.1 Å². The predicted octanol–water partition coefficient (Wildman–Crippen LogP) is 2.24. The van der Waals surface area contributed by atoms with Crippen LogP contribution < -0.4 is 4.90 Å². The van der Waals surface area contributed by atoms with Crippen molar-refractivity contribution in [3.8, 4) is 0 Å². The molecule has 10 nitrogen and oxygen atoms in total. The largest absolute Gasteiger partial charge is 0.404 e. The van der Waals surface area contributed by atoms with Gasteiger partial charge >= 0.3 is 5.82 Å². The van der Waals surface area contributed by atoms with E-state index in [2.05, 4.69) is 30.8 Å². The molecular formula is C14H15BrN6O4. The molecule has 1 aromatic heterocycles. The fraction of sp³-hybridized carbons (Fsp3) is 0.357. The second-order valence-corrected chi connectivity index (χ2v) is 6.47. The number of hydrogen-bond acceptors (Lipinski definition) is 7. The van der Waals surface area contributed by atoms with E-state index in [0.29, 0.717) is 11.1 Å². The molecule has 2 aromatic rings. The van der Waals surface area contributed by atoms with Crippen molar-refractivity contribution in [1.29, 1.82) is 0 Å². The maximum atomic E-state index is 10.8. The number of benzene rings is 1. The van der Waals surface area contributed by atoms with Gasteiger partial charge in [-0.25, -0.2) is 0 Å². The van der Waals surface area contributed by atoms with Gasteiger partial charge in [-0.3, -0.25) is 15.0 Å². The summed E-state index contributed by atoms with van der Waals surface area (Å²) in [6, 6.07) is 6.51. The third-order valence-corrected chi connectivity index (χ3v) is 4.57. The molecule has 0 unspecified atom stereocenters. The summed E-state index contributed by atoms with van der Waals surface area (Å²) < 4.78 is 1.91. The minimum absolute atomic E-state index is 0.0771. The van der Waals surface area contributed by atoms with Crippen molar-refractivity contribution in [1.82, 2.24) is 14.7 Å². The Bertz CT molecular complexity index is 785. The molecule has 0 saturated carbocycles. The molecule has 0 amide bonds. The molecule has 2 heterocycles. The molecule has 1 saturated heterocycles. The number of halogens is 1. The van der Waals surface area contributed by atoms with E-state index in [1.807, 2.05) is 0 Å². The van der Waals surface area contributed by atoms with Crippen LogP contribution in [0.3, 0.4) is 0 Å². The summed E-state index contributed by atoms with van der Waals surface area (Å²) in [7, 11) is 0. The Hall–Kier alpha value is -2.53. The van der Waals surface area contributed by atoms with Crippen molar-refractivity contribution in [2.45, 2.75) is 6.67 Å². The third kappa shape index (κ3) is 3.94. The molecule has 132 valence electrons. The normalized spacial score (nSPS) is 15.3. The lowest BCUT2D eigenvalue weighted by Crippen LogP contribution is -2.46. The van der Waals surface area contributed by atoms with Gasteiger partial charge in [-0.2, -0.15) is 4.68 Å². The Balaban J connectivity index is 1.57. The Morgan fingerprint density at radius 1 is 1.04 bits per heavy atom. The van der Waals surface area contributed by atoms with Crippen LogP contribution in [0, 0.1) is 20.2 Å². The van der Waals surface area contributed by atoms with Crippen LogP contribution in [0.15, 0.2) is 34.9 Å². The summed E-state index contributed by atoms with van der Waals surface area (Å²) in [6.07, 6.45) is 1.60. The van der Waals surface area contributed by atoms with Crippen LogP contribution in [0.1, 0.15) is 0 Å². The van der Waals surface area contributed by atoms with Crippen LogP contribution in [-0.4, -0.2) is 50.7 Å². The average Bonchev–Trinajstić information content (AvgIpc) is 2.96. The summed E-state index contributed by atoms with van der Waals surface area (Å²) in [5.41, 5.74) is 1.02. The van der Waals surface area contributed by atoms with Gasteiger partial charge in [0.15, 0.2) is 0 Å². The Morgan fingerprint density at radius 2 is 1.68 bits per heavy atom. The molecule has 1 aliphatic rings. The first-order valence-corrected chi connectivity index (χ1v) is 8.32. The highest BCUT2D eigenvalue weighted by molar-refractivity contribution is 9.10. The summed E-state index contributed by atoms with van der Waals surface area (Å²) in [5.74, 6) is -0.190. The molecular weight excluding hydrogens is 396 g/mol. The fourth-order valence-corrected chi connectivity index (χ4v) is 3.18. The fourth-order valence-electron chi connectivity index (χ4n) is 2.72. The van der Waals surface area contributed by atoms with Gasteiger partial charge in [0.1, 0.15) is 11.1 Å². The molecule has 0 bridgehead atoms. The molecule has 11 heteroatoms. The number of piperazine rings is 1. The van der Waals surface area contributed by atoms with E-state index in [4.69, 9.17) is 0 Å². The first-order valence-electron chi connectivity index (χ1n) is 7.53. The number of nitrogens with zero attached hydrogens (tertiary/aromatic N) is 6. The van der Waals surface area contributed by atoms with Crippen molar-refractivity contribution < 1.29 is 9.85 Å². The second kappa shape index (κ2) is 7.15. The molecule has 0 spiro atoms. The van der Waals surface area contributed by atoms with Gasteiger partial charge < -0.3 is 15.0 Å². The lowest BCUT2D eigenvalue weighted by molar-refractivity contribution is -0.390. The summed E-state index contributed by atoms with van der Waals surface area (Å²) in [6.45, 7) is 3.54. The van der Waals surface area contributed by atoms with E-state index in [9.17, 15) is 20.2 Å². The van der Waals surface area contributed by atoms with E-state index < -0.39 is 9.85 Å². The third-order valence-electron chi connectivity index (χ3n) is 4.01. The highest BCUT2D eigenvalue weighted by Crippen LogP contribution is 2.23. The van der Waals surface area contributed by atoms with E-state index in [1.54, 1.807) is 23.0 Å². The molecule has 1 aliphatic heterocycles. The highest BCUT2D eigenvalue weighted by Gasteiger charge is 2.22. The van der Waals surface area contributed by atoms with Crippen molar-refractivity contribution in [3.05, 3.63) is 55.2 Å². The van der Waals surface area contributed by atoms with Crippen molar-refractivity contribution in [3.63, 3.8) is 0 Å². The first kappa shape index (κ1) is 17.3. The summed E-state index contributed by atoms with van der Waals surface area (Å²) in [4.78, 5) is 24.9. The van der Waals surface area contributed by atoms with Crippen LogP contribution >= 0.6 is 15.9 Å². The van der Waals surface area contributed by atoms with E-state index in [0.717, 1.165) is 31.9 Å². The van der Waals surface area contributed by atoms with Crippen molar-refractivity contribution in [2.24, 2.45) is 0 Å². The van der Waals surface area contributed by atoms with E-state index in [1.165, 1.54) is 12.1 Å². The lowest BCUT2D eigenvalue weighted by Gasteiger charge is -2.35. The number of aromatic nitrogens is 2. The average molecular weight is 411 g/mol. The van der Waals surface area contributed by atoms with Crippen LogP contribution in [0.25, 0.3) is 0 Å². The maximum absolute atomic E-state index is 10.8. The number of rotatable bonds is 5. The second-order valence-electron chi connectivity index (χ2n) is 5.62. The SMILES string of the molecule is O=[N+]([O-])c1ccc(N2CCN(Cn3cc(Br)c([N+](=O)[O-])n3)CC2)cc1. The highest BCUT2D eigenvalue weighted by atomic mass is 79.9. The van der Waals surface area contributed by atoms with Gasteiger partial charge in [-0.1, -0.05) is 0 Å². The van der Waals surface area contributed by atoms with Gasteiger partial charge in [-0.05, 0) is 33.0 Å². The lowest BCUT2D eigenvalue weighted by atomic mass is 10.2. The van der Waals surface area contributed by atoms with Gasteiger partial charge in [0.05, 0.1) is 16.2 Å². The monoisotopic (exact) mass is 410 g/mol. The molecule has 0 N–H and O–H groups in total. The van der Waals surface area contributed by atoms with Gasteiger partial charge in [0, 0.05) is 44.0 Å². The minimum Gasteiger partial charge on any atom is -0.369 e. The summed E-state index contributed by atoms with van der Waals surface area (Å²) >= 11 is 3.14. The van der Waals surface area contributed by atoms with Crippen LogP contribution in [0.5, 0.6) is 0 Å². The Labute approximate surface area is 151 Å². The zero-order valence-corrected chi connectivity index (χ0v) is 14.7. The number of anilines is 1. The molecule has 0 atom stereocenters. The van der Waals surface area contributed by atoms with Crippen LogP contribution in [0.2, 0.25) is 0 Å². The minimum atomic E-state index is -0.521. The summed E-state index contributed by atoms with van der Waals surface area (Å²) in [5, 5.41) is 25.5. The van der Waals surface area contributed by atoms with Crippen LogP contribution in [0.4, 0.5) is 17.2 Å². The number of hydrogen-bond donors (Lipinski definition) is 0. The number of nitro groups is 2. The number of non-ortho nitro benzene ring substituents is 1. The predicted molar refractivity (Wildman–Crippen MR) is 93.5 cm³/mol. The Morgan fingerprint density at radius 3 is 2.20 bits per heavy atom. The molecule has 0 aliphatic carbocycles. The molecule has 1 aromatic carbocycles. The van der Waals surface area contributed by atoms with Gasteiger partial charge in [0.25, 0.3) is 5.69 Å². The van der Waals surface area contributed by atoms with Gasteiger partial charge in [-0.15, -0.1) is 0 Å². The van der Waals surface area contributed by atoms with Crippen LogP contribution in [-0.2, 0) is 6.67 Å². The Kier molecular flexibility index (Phi) is 4.95. The van der Waals surface area contributed by atoms with E-state index in [-0.39, 0.29) is 11.5 Å². The molecule has 25 heavy (non-hydrogen) atoms. The quantitative estimate of drug-likeness (QED) is 0.548. The zero-order valence-electron chi connectivity index (χ0n) is 13.1. The standard InChI is InChI=1S/C14H15BrN6O4/c15-13-9-19(16-14(13)21(24)25)10-17-5-7-18(8-6-17)11-1-3-12(4-2-11)20(22)23/h1-4,9H,5-8,10H2. The maximum Gasteiger partial charge on any atom is 0.404 e. The van der Waals surface area contributed by atoms with E-state index >= 15 is 0 Å². The topological polar surface area (TPSA) is 111 Å². The smallest absolute Gasteiger partial charge is 0.369 e. The molecule has 1 fully saturated rings. The zero-order chi connectivity index (χ0) is 18.0. The number of nitro benzene ring substituents is 1. The van der Waals surface area contributed by atoms with Gasteiger partial charge in [0.2, 0.25) is 0 Å².